The average Bonchev–Trinajstić information content (AvgIpc) is 2.27. The van der Waals surface area contributed by atoms with Gasteiger partial charge in [0.1, 0.15) is 11.3 Å². The molecule has 0 heterocycles. The Balaban J connectivity index is 2.89. The van der Waals surface area contributed by atoms with Crippen LogP contribution in [0.2, 0.25) is 0 Å². The molecule has 0 bridgehead atoms. The van der Waals surface area contributed by atoms with Crippen molar-refractivity contribution in [2.24, 2.45) is 0 Å². The summed E-state index contributed by atoms with van der Waals surface area (Å²) in [6.45, 7) is 0.0258. The minimum Gasteiger partial charge on any atom is -0.486 e. The van der Waals surface area contributed by atoms with Crippen LogP contribution in [-0.2, 0) is 0 Å². The van der Waals surface area contributed by atoms with Gasteiger partial charge in [0.2, 0.25) is 0 Å². The molecule has 1 aromatic rings. The Morgan fingerprint density at radius 3 is 2.56 bits per heavy atom. The molecule has 1 aromatic carbocycles. The number of alkyl halides is 4. The van der Waals surface area contributed by atoms with Crippen molar-refractivity contribution in [2.75, 3.05) is 6.61 Å². The van der Waals surface area contributed by atoms with Crippen molar-refractivity contribution in [2.45, 2.75) is 19.3 Å². The number of ether oxygens (including phenoxy) is 1. The molecule has 0 unspecified atom stereocenters. The van der Waals surface area contributed by atoms with Crippen molar-refractivity contribution >= 4 is 5.97 Å². The highest BCUT2D eigenvalue weighted by molar-refractivity contribution is 5.91. The maximum atomic E-state index is 12.6. The lowest BCUT2D eigenvalue weighted by atomic mass is 10.1. The van der Waals surface area contributed by atoms with Gasteiger partial charge in [-0.05, 0) is 19.1 Å². The van der Waals surface area contributed by atoms with Crippen molar-refractivity contribution in [1.29, 1.82) is 0 Å². The van der Waals surface area contributed by atoms with Crippen LogP contribution < -0.4 is 4.74 Å². The van der Waals surface area contributed by atoms with Crippen LogP contribution in [0, 0.1) is 6.92 Å². The summed E-state index contributed by atoms with van der Waals surface area (Å²) in [5, 5.41) is 8.81. The number of halogens is 4. The number of carboxylic acids is 1. The molecule has 0 aliphatic rings. The SMILES string of the molecule is Cc1ccc(OCC(F)(F)C(F)F)c(C(=O)O)c1. The van der Waals surface area contributed by atoms with Gasteiger partial charge in [0.05, 0.1) is 0 Å². The van der Waals surface area contributed by atoms with E-state index < -0.39 is 24.9 Å². The molecule has 0 saturated carbocycles. The first-order chi connectivity index (χ1) is 8.24. The predicted octanol–water partition coefficient (Wildman–Crippen LogP) is 2.97. The maximum absolute atomic E-state index is 12.6. The van der Waals surface area contributed by atoms with Crippen molar-refractivity contribution in [3.63, 3.8) is 0 Å². The summed E-state index contributed by atoms with van der Waals surface area (Å²) in [7, 11) is 0. The fourth-order valence-corrected chi connectivity index (χ4v) is 1.17. The minimum atomic E-state index is -4.32. The lowest BCUT2D eigenvalue weighted by molar-refractivity contribution is -0.148. The van der Waals surface area contributed by atoms with Gasteiger partial charge in [0.15, 0.2) is 6.61 Å². The molecule has 3 nitrogen and oxygen atoms in total. The van der Waals surface area contributed by atoms with Gasteiger partial charge in [-0.1, -0.05) is 11.6 Å². The molecule has 0 amide bonds. The molecular weight excluding hydrogens is 256 g/mol. The maximum Gasteiger partial charge on any atom is 0.340 e. The van der Waals surface area contributed by atoms with Crippen LogP contribution in [0.1, 0.15) is 15.9 Å². The number of aryl methyl sites for hydroxylation is 1. The van der Waals surface area contributed by atoms with Crippen molar-refractivity contribution in [3.05, 3.63) is 29.3 Å². The van der Waals surface area contributed by atoms with E-state index in [4.69, 9.17) is 5.11 Å². The van der Waals surface area contributed by atoms with Gasteiger partial charge in [0, 0.05) is 0 Å². The van der Waals surface area contributed by atoms with Crippen molar-refractivity contribution in [1.82, 2.24) is 0 Å². The minimum absolute atomic E-state index is 0.347. The van der Waals surface area contributed by atoms with Gasteiger partial charge in [-0.25, -0.2) is 13.6 Å². The summed E-state index contributed by atoms with van der Waals surface area (Å²) in [6, 6.07) is 3.79. The standard InChI is InChI=1S/C11H10F4O3/c1-6-2-3-8(7(4-6)9(16)17)18-5-11(14,15)10(12)13/h2-4,10H,5H2,1H3,(H,16,17). The molecule has 1 rings (SSSR count). The van der Waals surface area contributed by atoms with Crippen LogP contribution in [-0.4, -0.2) is 30.0 Å². The molecule has 7 heteroatoms. The highest BCUT2D eigenvalue weighted by atomic mass is 19.3. The molecule has 100 valence electrons. The molecule has 0 aromatic heterocycles. The topological polar surface area (TPSA) is 46.5 Å². The molecule has 1 N–H and O–H groups in total. The molecule has 0 spiro atoms. The Kier molecular flexibility index (Phi) is 4.15. The fourth-order valence-electron chi connectivity index (χ4n) is 1.17. The molecule has 0 atom stereocenters. The zero-order chi connectivity index (χ0) is 13.9. The third kappa shape index (κ3) is 3.35. The van der Waals surface area contributed by atoms with Crippen LogP contribution in [0.3, 0.4) is 0 Å². The number of carboxylic acid groups (broad SMARTS) is 1. The van der Waals surface area contributed by atoms with E-state index in [-0.39, 0.29) is 11.3 Å². The number of hydrogen-bond donors (Lipinski definition) is 1. The second-order valence-electron chi connectivity index (χ2n) is 3.66. The summed E-state index contributed by atoms with van der Waals surface area (Å²) in [4.78, 5) is 10.8. The third-order valence-electron chi connectivity index (χ3n) is 2.10. The largest absolute Gasteiger partial charge is 0.486 e. The second kappa shape index (κ2) is 5.24. The van der Waals surface area contributed by atoms with E-state index >= 15 is 0 Å². The lowest BCUT2D eigenvalue weighted by Gasteiger charge is -2.17. The predicted molar refractivity (Wildman–Crippen MR) is 54.6 cm³/mol. The first kappa shape index (κ1) is 14.3. The Hall–Kier alpha value is -1.79. The van der Waals surface area contributed by atoms with E-state index in [1.807, 2.05) is 0 Å². The monoisotopic (exact) mass is 266 g/mol. The second-order valence-corrected chi connectivity index (χ2v) is 3.66. The summed E-state index contributed by atoms with van der Waals surface area (Å²) in [5.41, 5.74) is 0.237. The van der Waals surface area contributed by atoms with Crippen LogP contribution in [0.4, 0.5) is 17.6 Å². The molecule has 0 saturated heterocycles. The van der Waals surface area contributed by atoms with Gasteiger partial charge in [-0.3, -0.25) is 0 Å². The highest BCUT2D eigenvalue weighted by Crippen LogP contribution is 2.26. The first-order valence-electron chi connectivity index (χ1n) is 4.87. The van der Waals surface area contributed by atoms with E-state index in [1.165, 1.54) is 12.1 Å². The zero-order valence-electron chi connectivity index (χ0n) is 9.29. The van der Waals surface area contributed by atoms with E-state index in [2.05, 4.69) is 4.74 Å². The smallest absolute Gasteiger partial charge is 0.340 e. The quantitative estimate of drug-likeness (QED) is 0.833. The summed E-state index contributed by atoms with van der Waals surface area (Å²) in [5.74, 6) is -6.07. The van der Waals surface area contributed by atoms with Crippen LogP contribution in [0.5, 0.6) is 5.75 Å². The lowest BCUT2D eigenvalue weighted by Crippen LogP contribution is -2.34. The number of benzene rings is 1. The molecule has 0 aliphatic carbocycles. The molecule has 0 fully saturated rings. The summed E-state index contributed by atoms with van der Waals surface area (Å²) >= 11 is 0. The van der Waals surface area contributed by atoms with Crippen LogP contribution in [0.15, 0.2) is 18.2 Å². The van der Waals surface area contributed by atoms with E-state index in [1.54, 1.807) is 6.92 Å². The fraction of sp³-hybridized carbons (Fsp3) is 0.364. The number of carbonyl (C=O) groups is 1. The average molecular weight is 266 g/mol. The summed E-state index contributed by atoms with van der Waals surface area (Å²) < 4.78 is 53.5. The van der Waals surface area contributed by atoms with Gasteiger partial charge in [-0.15, -0.1) is 0 Å². The van der Waals surface area contributed by atoms with Crippen LogP contribution >= 0.6 is 0 Å². The first-order valence-corrected chi connectivity index (χ1v) is 4.87. The van der Waals surface area contributed by atoms with Gasteiger partial charge >= 0.3 is 18.3 Å². The van der Waals surface area contributed by atoms with Gasteiger partial charge in [-0.2, -0.15) is 8.78 Å². The van der Waals surface area contributed by atoms with E-state index in [0.29, 0.717) is 5.56 Å². The molecular formula is C11H10F4O3. The van der Waals surface area contributed by atoms with E-state index in [0.717, 1.165) is 6.07 Å². The van der Waals surface area contributed by atoms with Crippen LogP contribution in [0.25, 0.3) is 0 Å². The number of hydrogen-bond acceptors (Lipinski definition) is 2. The van der Waals surface area contributed by atoms with Gasteiger partial charge in [0.25, 0.3) is 0 Å². The van der Waals surface area contributed by atoms with E-state index in [9.17, 15) is 22.4 Å². The molecule has 0 aliphatic heterocycles. The van der Waals surface area contributed by atoms with Gasteiger partial charge < -0.3 is 9.84 Å². The number of aromatic carboxylic acids is 1. The van der Waals surface area contributed by atoms with Crippen molar-refractivity contribution < 1.29 is 32.2 Å². The third-order valence-corrected chi connectivity index (χ3v) is 2.10. The normalized spacial score (nSPS) is 11.7. The Morgan fingerprint density at radius 2 is 2.06 bits per heavy atom. The Bertz CT molecular complexity index is 446. The van der Waals surface area contributed by atoms with Crippen molar-refractivity contribution in [3.8, 4) is 5.75 Å². The Labute approximate surface area is 100.0 Å². The number of rotatable bonds is 5. The summed E-state index contributed by atoms with van der Waals surface area (Å²) in [6.07, 6.45) is -3.86. The zero-order valence-corrected chi connectivity index (χ0v) is 9.29. The molecule has 0 radical (unpaired) electrons. The highest BCUT2D eigenvalue weighted by Gasteiger charge is 2.41. The molecule has 18 heavy (non-hydrogen) atoms. The Morgan fingerprint density at radius 1 is 1.44 bits per heavy atom.